The van der Waals surface area contributed by atoms with Gasteiger partial charge in [0.2, 0.25) is 0 Å². The highest BCUT2D eigenvalue weighted by Gasteiger charge is 2.57. The molecular weight excluding hydrogens is 356 g/mol. The average molecular weight is 391 g/mol. The van der Waals surface area contributed by atoms with Crippen LogP contribution in [-0.4, -0.2) is 31.4 Å². The lowest BCUT2D eigenvalue weighted by molar-refractivity contribution is -0.163. The predicted octanol–water partition coefficient (Wildman–Crippen LogP) is 4.55. The van der Waals surface area contributed by atoms with Crippen molar-refractivity contribution in [1.29, 1.82) is 0 Å². The zero-order chi connectivity index (χ0) is 21.1. The number of rotatable bonds is 6. The van der Waals surface area contributed by atoms with E-state index in [0.29, 0.717) is 6.42 Å². The Morgan fingerprint density at radius 3 is 2.50 bits per heavy atom. The first-order valence-corrected chi connectivity index (χ1v) is 10.2. The van der Waals surface area contributed by atoms with Gasteiger partial charge < -0.3 is 9.47 Å². The summed E-state index contributed by atoms with van der Waals surface area (Å²) in [4.78, 5) is 36.3. The first-order valence-electron chi connectivity index (χ1n) is 10.2. The Hall–Kier alpha value is -1.91. The van der Waals surface area contributed by atoms with Gasteiger partial charge in [-0.2, -0.15) is 0 Å². The maximum absolute atomic E-state index is 12.8. The Morgan fingerprint density at radius 2 is 1.89 bits per heavy atom. The zero-order valence-corrected chi connectivity index (χ0v) is 18.1. The molecule has 1 fully saturated rings. The van der Waals surface area contributed by atoms with E-state index in [9.17, 15) is 14.4 Å². The number of esters is 2. The molecule has 2 rings (SSSR count). The quantitative estimate of drug-likeness (QED) is 0.491. The van der Waals surface area contributed by atoms with Crippen LogP contribution >= 0.6 is 0 Å². The third-order valence-corrected chi connectivity index (χ3v) is 7.02. The third-order valence-electron chi connectivity index (χ3n) is 7.02. The lowest BCUT2D eigenvalue weighted by Crippen LogP contribution is -2.52. The monoisotopic (exact) mass is 390 g/mol. The van der Waals surface area contributed by atoms with Gasteiger partial charge in [-0.15, -0.1) is 0 Å². The van der Waals surface area contributed by atoms with E-state index in [1.807, 2.05) is 26.8 Å². The van der Waals surface area contributed by atoms with Crippen LogP contribution in [-0.2, 0) is 23.9 Å². The molecule has 1 saturated carbocycles. The molecule has 0 amide bonds. The summed E-state index contributed by atoms with van der Waals surface area (Å²) in [5.74, 6) is -0.374. The van der Waals surface area contributed by atoms with E-state index in [1.165, 1.54) is 19.6 Å². The minimum Gasteiger partial charge on any atom is -0.469 e. The fourth-order valence-corrected chi connectivity index (χ4v) is 5.30. The Labute approximate surface area is 168 Å². The van der Waals surface area contributed by atoms with Crippen LogP contribution in [0.2, 0.25) is 0 Å². The van der Waals surface area contributed by atoms with Gasteiger partial charge in [-0.3, -0.25) is 14.4 Å². The standard InChI is InChI=1S/C23H34O5/c1-15(10-13-28-17(3)24)8-9-18-16(2)19(25)14-20-22(18,4)11-7-12-23(20,5)21(26)27-6/h10,20H,7-9,11-14H2,1-6H3. The second kappa shape index (κ2) is 8.62. The van der Waals surface area contributed by atoms with E-state index >= 15 is 0 Å². The van der Waals surface area contributed by atoms with Gasteiger partial charge in [0, 0.05) is 13.3 Å². The van der Waals surface area contributed by atoms with Crippen LogP contribution in [0.4, 0.5) is 0 Å². The maximum atomic E-state index is 12.8. The molecule has 0 N–H and O–H groups in total. The van der Waals surface area contributed by atoms with E-state index in [-0.39, 0.29) is 35.7 Å². The van der Waals surface area contributed by atoms with Crippen LogP contribution < -0.4 is 0 Å². The van der Waals surface area contributed by atoms with Crippen LogP contribution in [0.3, 0.4) is 0 Å². The van der Waals surface area contributed by atoms with Crippen LogP contribution in [0, 0.1) is 16.7 Å². The summed E-state index contributed by atoms with van der Waals surface area (Å²) in [6.45, 7) is 9.81. The lowest BCUT2D eigenvalue weighted by Gasteiger charge is -2.54. The molecule has 3 unspecified atom stereocenters. The van der Waals surface area contributed by atoms with E-state index in [1.54, 1.807) is 0 Å². The Bertz CT molecular complexity index is 717. The van der Waals surface area contributed by atoms with Crippen molar-refractivity contribution in [2.75, 3.05) is 13.7 Å². The van der Waals surface area contributed by atoms with Gasteiger partial charge in [-0.1, -0.05) is 24.5 Å². The van der Waals surface area contributed by atoms with E-state index < -0.39 is 5.41 Å². The molecule has 0 saturated heterocycles. The molecule has 156 valence electrons. The number of carbonyl (C=O) groups excluding carboxylic acids is 3. The smallest absolute Gasteiger partial charge is 0.311 e. The first-order chi connectivity index (χ1) is 13.1. The average Bonchev–Trinajstić information content (AvgIpc) is 2.62. The molecule has 0 aromatic rings. The highest BCUT2D eigenvalue weighted by molar-refractivity contribution is 5.97. The topological polar surface area (TPSA) is 69.7 Å². The number of Topliss-reactive ketones (excluding diaryl/α,β-unsaturated/α-hetero) is 1. The van der Waals surface area contributed by atoms with Gasteiger partial charge >= 0.3 is 11.9 Å². The summed E-state index contributed by atoms with van der Waals surface area (Å²) >= 11 is 0. The molecule has 3 atom stereocenters. The molecule has 2 aliphatic rings. The fourth-order valence-electron chi connectivity index (χ4n) is 5.30. The molecule has 0 aromatic heterocycles. The van der Waals surface area contributed by atoms with Crippen molar-refractivity contribution in [1.82, 2.24) is 0 Å². The number of carbonyl (C=O) groups is 3. The molecule has 0 bridgehead atoms. The number of methoxy groups -OCH3 is 1. The minimum atomic E-state index is -0.621. The van der Waals surface area contributed by atoms with Crippen molar-refractivity contribution < 1.29 is 23.9 Å². The molecule has 0 spiro atoms. The van der Waals surface area contributed by atoms with Crippen LogP contribution in [0.5, 0.6) is 0 Å². The zero-order valence-electron chi connectivity index (χ0n) is 18.1. The third kappa shape index (κ3) is 4.23. The summed E-state index contributed by atoms with van der Waals surface area (Å²) < 4.78 is 10.1. The first kappa shape index (κ1) is 22.4. The second-order valence-electron chi connectivity index (χ2n) is 8.82. The van der Waals surface area contributed by atoms with Crippen molar-refractivity contribution >= 4 is 17.7 Å². The number of ketones is 1. The van der Waals surface area contributed by atoms with Gasteiger partial charge in [0.05, 0.1) is 12.5 Å². The van der Waals surface area contributed by atoms with Gasteiger partial charge in [0.15, 0.2) is 5.78 Å². The van der Waals surface area contributed by atoms with Gasteiger partial charge in [0.1, 0.15) is 6.61 Å². The van der Waals surface area contributed by atoms with E-state index in [2.05, 4.69) is 6.92 Å². The molecule has 0 aliphatic heterocycles. The molecule has 5 nitrogen and oxygen atoms in total. The van der Waals surface area contributed by atoms with Crippen molar-refractivity contribution in [2.45, 2.75) is 73.1 Å². The minimum absolute atomic E-state index is 0.0299. The normalized spacial score (nSPS) is 30.7. The Kier molecular flexibility index (Phi) is 6.89. The summed E-state index contributed by atoms with van der Waals surface area (Å²) in [7, 11) is 1.43. The van der Waals surface area contributed by atoms with E-state index in [0.717, 1.165) is 43.3 Å². The number of ether oxygens (including phenoxy) is 2. The van der Waals surface area contributed by atoms with Gasteiger partial charge in [-0.25, -0.2) is 0 Å². The summed E-state index contributed by atoms with van der Waals surface area (Å²) in [5.41, 5.74) is 2.38. The molecule has 0 aromatic carbocycles. The predicted molar refractivity (Wildman–Crippen MR) is 108 cm³/mol. The van der Waals surface area contributed by atoms with Gasteiger partial charge in [0.25, 0.3) is 0 Å². The number of fused-ring (bicyclic) bond motifs is 1. The SMILES string of the molecule is COC(=O)C1(C)CCCC2(C)C(CCC(C)=CCOC(C)=O)=C(C)C(=O)CC12. The highest BCUT2D eigenvalue weighted by atomic mass is 16.5. The van der Waals surface area contributed by atoms with Crippen molar-refractivity contribution in [2.24, 2.45) is 16.7 Å². The largest absolute Gasteiger partial charge is 0.469 e. The van der Waals surface area contributed by atoms with Crippen LogP contribution in [0.1, 0.15) is 73.1 Å². The molecule has 5 heteroatoms. The Balaban J connectivity index is 2.28. The second-order valence-corrected chi connectivity index (χ2v) is 8.82. The molecular formula is C23H34O5. The molecule has 0 heterocycles. The maximum Gasteiger partial charge on any atom is 0.311 e. The number of hydrogen-bond acceptors (Lipinski definition) is 5. The van der Waals surface area contributed by atoms with Gasteiger partial charge in [-0.05, 0) is 69.4 Å². The van der Waals surface area contributed by atoms with Crippen molar-refractivity contribution in [3.63, 3.8) is 0 Å². The molecule has 0 radical (unpaired) electrons. The highest BCUT2D eigenvalue weighted by Crippen LogP contribution is 2.60. The Morgan fingerprint density at radius 1 is 1.21 bits per heavy atom. The summed E-state index contributed by atoms with van der Waals surface area (Å²) in [5, 5.41) is 0. The molecule has 28 heavy (non-hydrogen) atoms. The number of hydrogen-bond donors (Lipinski definition) is 0. The summed E-state index contributed by atoms with van der Waals surface area (Å²) in [6, 6.07) is 0. The van der Waals surface area contributed by atoms with E-state index in [4.69, 9.17) is 9.47 Å². The number of allylic oxidation sites excluding steroid dienone is 3. The fraction of sp³-hybridized carbons (Fsp3) is 0.696. The summed E-state index contributed by atoms with van der Waals surface area (Å²) in [6.07, 6.45) is 6.62. The van der Waals surface area contributed by atoms with Crippen LogP contribution in [0.25, 0.3) is 0 Å². The lowest BCUT2D eigenvalue weighted by atomic mass is 9.49. The van der Waals surface area contributed by atoms with Crippen molar-refractivity contribution in [3.8, 4) is 0 Å². The van der Waals surface area contributed by atoms with Crippen LogP contribution in [0.15, 0.2) is 22.8 Å². The molecule has 2 aliphatic carbocycles. The van der Waals surface area contributed by atoms with Crippen molar-refractivity contribution in [3.05, 3.63) is 22.8 Å².